The Morgan fingerprint density at radius 2 is 1.85 bits per heavy atom. The van der Waals surface area contributed by atoms with Crippen LogP contribution in [0.1, 0.15) is 15.9 Å². The minimum absolute atomic E-state index is 0.00106. The highest BCUT2D eigenvalue weighted by Crippen LogP contribution is 2.31. The van der Waals surface area contributed by atoms with Crippen LogP contribution < -0.4 is 9.47 Å². The summed E-state index contributed by atoms with van der Waals surface area (Å²) < 4.78 is 11.5. The van der Waals surface area contributed by atoms with E-state index < -0.39 is 0 Å². The molecule has 0 heterocycles. The van der Waals surface area contributed by atoms with Crippen molar-refractivity contribution in [2.24, 2.45) is 0 Å². The first-order chi connectivity index (χ1) is 9.65. The second-order valence-corrected chi connectivity index (χ2v) is 5.19. The van der Waals surface area contributed by atoms with Crippen molar-refractivity contribution in [3.05, 3.63) is 58.1 Å². The lowest BCUT2D eigenvalue weighted by Gasteiger charge is -2.11. The fraction of sp³-hybridized carbons (Fsp3) is 0.188. The molecule has 0 saturated carbocycles. The number of hydrogen-bond acceptors (Lipinski definition) is 3. The minimum Gasteiger partial charge on any atom is -0.493 e. The zero-order valence-electron chi connectivity index (χ0n) is 11.4. The van der Waals surface area contributed by atoms with Gasteiger partial charge in [-0.05, 0) is 29.8 Å². The maximum Gasteiger partial charge on any atom is 0.171 e. The molecule has 0 unspecified atom stereocenters. The number of ether oxygens (including phenoxy) is 2. The number of carbonyl (C=O) groups is 1. The monoisotopic (exact) mass is 334 g/mol. The van der Waals surface area contributed by atoms with E-state index in [4.69, 9.17) is 9.47 Å². The fourth-order valence-corrected chi connectivity index (χ4v) is 2.48. The highest BCUT2D eigenvalue weighted by atomic mass is 79.9. The Balaban J connectivity index is 2.30. The Kier molecular flexibility index (Phi) is 4.79. The van der Waals surface area contributed by atoms with Crippen LogP contribution in [0.5, 0.6) is 11.5 Å². The average Bonchev–Trinajstić information content (AvgIpc) is 2.46. The molecular weight excluding hydrogens is 320 g/mol. The molecule has 0 N–H and O–H groups in total. The van der Waals surface area contributed by atoms with Crippen LogP contribution in [-0.2, 0) is 6.42 Å². The quantitative estimate of drug-likeness (QED) is 0.778. The molecule has 0 saturated heterocycles. The molecule has 0 aliphatic heterocycles. The molecule has 0 spiro atoms. The van der Waals surface area contributed by atoms with Gasteiger partial charge >= 0.3 is 0 Å². The van der Waals surface area contributed by atoms with Gasteiger partial charge in [-0.1, -0.05) is 34.1 Å². The molecule has 0 radical (unpaired) electrons. The molecular formula is C16H15BrO3. The van der Waals surface area contributed by atoms with Crippen LogP contribution in [0.4, 0.5) is 0 Å². The van der Waals surface area contributed by atoms with Gasteiger partial charge in [-0.3, -0.25) is 4.79 Å². The van der Waals surface area contributed by atoms with Crippen molar-refractivity contribution in [1.29, 1.82) is 0 Å². The lowest BCUT2D eigenvalue weighted by molar-refractivity contribution is 0.0989. The van der Waals surface area contributed by atoms with Gasteiger partial charge in [0.25, 0.3) is 0 Å². The van der Waals surface area contributed by atoms with Crippen molar-refractivity contribution in [3.8, 4) is 11.5 Å². The van der Waals surface area contributed by atoms with Gasteiger partial charge in [0.05, 0.1) is 19.8 Å². The Hall–Kier alpha value is -1.81. The van der Waals surface area contributed by atoms with Crippen LogP contribution in [0.2, 0.25) is 0 Å². The van der Waals surface area contributed by atoms with Crippen molar-refractivity contribution < 1.29 is 14.3 Å². The molecule has 0 aliphatic carbocycles. The molecule has 0 amide bonds. The molecule has 0 bridgehead atoms. The summed E-state index contributed by atoms with van der Waals surface area (Å²) >= 11 is 3.40. The lowest BCUT2D eigenvalue weighted by Crippen LogP contribution is -2.06. The maximum atomic E-state index is 12.4. The van der Waals surface area contributed by atoms with Crippen LogP contribution in [0.15, 0.2) is 46.9 Å². The standard InChI is InChI=1S/C16H15BrO3/c1-19-15-8-4-7-13(16(15)20-2)14(18)10-11-5-3-6-12(17)9-11/h3-9H,10H2,1-2H3. The number of methoxy groups -OCH3 is 2. The Labute approximate surface area is 126 Å². The predicted octanol–water partition coefficient (Wildman–Crippen LogP) is 3.89. The SMILES string of the molecule is COc1cccc(C(=O)Cc2cccc(Br)c2)c1OC. The first kappa shape index (κ1) is 14.6. The van der Waals surface area contributed by atoms with Crippen LogP contribution in [0.25, 0.3) is 0 Å². The van der Waals surface area contributed by atoms with Crippen molar-refractivity contribution >= 4 is 21.7 Å². The Morgan fingerprint density at radius 3 is 2.50 bits per heavy atom. The van der Waals surface area contributed by atoms with Gasteiger partial charge in [0.2, 0.25) is 0 Å². The number of ketones is 1. The van der Waals surface area contributed by atoms with Gasteiger partial charge in [0.1, 0.15) is 0 Å². The van der Waals surface area contributed by atoms with Crippen LogP contribution >= 0.6 is 15.9 Å². The third-order valence-corrected chi connectivity index (χ3v) is 3.45. The van der Waals surface area contributed by atoms with E-state index in [-0.39, 0.29) is 5.78 Å². The number of Topliss-reactive ketones (excluding diaryl/α,β-unsaturated/α-hetero) is 1. The third kappa shape index (κ3) is 3.20. The summed E-state index contributed by atoms with van der Waals surface area (Å²) in [6, 6.07) is 13.0. The topological polar surface area (TPSA) is 35.5 Å². The van der Waals surface area contributed by atoms with E-state index >= 15 is 0 Å². The summed E-state index contributed by atoms with van der Waals surface area (Å²) in [5.74, 6) is 1.04. The Bertz CT molecular complexity index is 623. The molecule has 2 aromatic carbocycles. The molecule has 2 aromatic rings. The summed E-state index contributed by atoms with van der Waals surface area (Å²) in [4.78, 5) is 12.4. The summed E-state index contributed by atoms with van der Waals surface area (Å²) in [5.41, 5.74) is 1.49. The van der Waals surface area contributed by atoms with Crippen LogP contribution in [0, 0.1) is 0 Å². The summed E-state index contributed by atoms with van der Waals surface area (Å²) in [6.45, 7) is 0. The second kappa shape index (κ2) is 6.57. The average molecular weight is 335 g/mol. The summed E-state index contributed by atoms with van der Waals surface area (Å²) in [6.07, 6.45) is 0.322. The van der Waals surface area contributed by atoms with Gasteiger partial charge in [-0.25, -0.2) is 0 Å². The number of para-hydroxylation sites is 1. The number of carbonyl (C=O) groups excluding carboxylic acids is 1. The minimum atomic E-state index is -0.00106. The highest BCUT2D eigenvalue weighted by molar-refractivity contribution is 9.10. The maximum absolute atomic E-state index is 12.4. The van der Waals surface area contributed by atoms with E-state index in [2.05, 4.69) is 15.9 Å². The number of rotatable bonds is 5. The van der Waals surface area contributed by atoms with E-state index in [0.29, 0.717) is 23.5 Å². The second-order valence-electron chi connectivity index (χ2n) is 4.27. The predicted molar refractivity (Wildman–Crippen MR) is 81.7 cm³/mol. The number of hydrogen-bond donors (Lipinski definition) is 0. The molecule has 2 rings (SSSR count). The fourth-order valence-electron chi connectivity index (χ4n) is 2.03. The van der Waals surface area contributed by atoms with Gasteiger partial charge in [-0.15, -0.1) is 0 Å². The summed E-state index contributed by atoms with van der Waals surface area (Å²) in [7, 11) is 3.09. The normalized spacial score (nSPS) is 10.2. The van der Waals surface area contributed by atoms with Gasteiger partial charge in [0, 0.05) is 10.9 Å². The largest absolute Gasteiger partial charge is 0.493 e. The molecule has 20 heavy (non-hydrogen) atoms. The number of benzene rings is 2. The van der Waals surface area contributed by atoms with Gasteiger partial charge < -0.3 is 9.47 Å². The smallest absolute Gasteiger partial charge is 0.171 e. The van der Waals surface area contributed by atoms with E-state index in [1.165, 1.54) is 7.11 Å². The first-order valence-electron chi connectivity index (χ1n) is 6.14. The zero-order valence-corrected chi connectivity index (χ0v) is 12.9. The molecule has 3 nitrogen and oxygen atoms in total. The molecule has 104 valence electrons. The molecule has 0 atom stereocenters. The van der Waals surface area contributed by atoms with Crippen LogP contribution in [-0.4, -0.2) is 20.0 Å². The van der Waals surface area contributed by atoms with E-state index in [1.54, 1.807) is 25.3 Å². The molecule has 0 aromatic heterocycles. The van der Waals surface area contributed by atoms with Crippen molar-refractivity contribution in [1.82, 2.24) is 0 Å². The number of halogens is 1. The highest BCUT2D eigenvalue weighted by Gasteiger charge is 2.16. The molecule has 0 aliphatic rings. The van der Waals surface area contributed by atoms with Gasteiger partial charge in [-0.2, -0.15) is 0 Å². The van der Waals surface area contributed by atoms with Crippen LogP contribution in [0.3, 0.4) is 0 Å². The van der Waals surface area contributed by atoms with Crippen molar-refractivity contribution in [2.45, 2.75) is 6.42 Å². The molecule has 4 heteroatoms. The van der Waals surface area contributed by atoms with Crippen molar-refractivity contribution in [2.75, 3.05) is 14.2 Å². The van der Waals surface area contributed by atoms with E-state index in [0.717, 1.165) is 10.0 Å². The Morgan fingerprint density at radius 1 is 1.10 bits per heavy atom. The first-order valence-corrected chi connectivity index (χ1v) is 6.93. The van der Waals surface area contributed by atoms with Crippen molar-refractivity contribution in [3.63, 3.8) is 0 Å². The lowest BCUT2D eigenvalue weighted by atomic mass is 10.0. The van der Waals surface area contributed by atoms with Gasteiger partial charge in [0.15, 0.2) is 17.3 Å². The van der Waals surface area contributed by atoms with E-state index in [1.807, 2.05) is 24.3 Å². The molecule has 0 fully saturated rings. The van der Waals surface area contributed by atoms with E-state index in [9.17, 15) is 4.79 Å². The summed E-state index contributed by atoms with van der Waals surface area (Å²) in [5, 5.41) is 0. The third-order valence-electron chi connectivity index (χ3n) is 2.96. The zero-order chi connectivity index (χ0) is 14.5.